The summed E-state index contributed by atoms with van der Waals surface area (Å²) in [6, 6.07) is 19.2. The van der Waals surface area contributed by atoms with Gasteiger partial charge < -0.3 is 15.8 Å². The largest absolute Gasteiger partial charge is 0.488 e. The third kappa shape index (κ3) is 5.71. The minimum Gasteiger partial charge on any atom is -0.488 e. The van der Waals surface area contributed by atoms with Gasteiger partial charge in [-0.2, -0.15) is 0 Å². The minimum absolute atomic E-state index is 0.00499. The molecule has 0 aromatic heterocycles. The van der Waals surface area contributed by atoms with E-state index < -0.39 is 15.9 Å². The van der Waals surface area contributed by atoms with Gasteiger partial charge in [0.1, 0.15) is 12.4 Å². The van der Waals surface area contributed by atoms with Crippen molar-refractivity contribution in [3.8, 4) is 5.75 Å². The number of ether oxygens (including phenoxy) is 1. The van der Waals surface area contributed by atoms with E-state index in [4.69, 9.17) is 15.6 Å². The summed E-state index contributed by atoms with van der Waals surface area (Å²) in [7, 11) is -3.77. The molecule has 5 N–H and O–H groups in total. The maximum absolute atomic E-state index is 12.7. The monoisotopic (exact) mass is 453 g/mol. The number of primary amides is 1. The summed E-state index contributed by atoms with van der Waals surface area (Å²) in [5.74, 6) is -0.515. The summed E-state index contributed by atoms with van der Waals surface area (Å²) < 4.78 is 28.5. The molecule has 0 radical (unpaired) electrons. The van der Waals surface area contributed by atoms with E-state index in [1.807, 2.05) is 0 Å². The fourth-order valence-corrected chi connectivity index (χ4v) is 3.58. The Morgan fingerprint density at radius 3 is 2.34 bits per heavy atom. The highest BCUT2D eigenvalue weighted by molar-refractivity contribution is 7.89. The Balaban J connectivity index is 1.67. The molecular weight excluding hydrogens is 430 g/mol. The molecule has 0 fully saturated rings. The van der Waals surface area contributed by atoms with Gasteiger partial charge in [-0.3, -0.25) is 9.59 Å². The lowest BCUT2D eigenvalue weighted by Gasteiger charge is -2.15. The van der Waals surface area contributed by atoms with Crippen molar-refractivity contribution in [3.05, 3.63) is 95.1 Å². The Morgan fingerprint density at radius 1 is 1.00 bits per heavy atom. The number of sulfonamides is 1. The summed E-state index contributed by atoms with van der Waals surface area (Å²) in [6.45, 7) is 1.94. The molecule has 3 rings (SSSR count). The van der Waals surface area contributed by atoms with Crippen LogP contribution in [0.5, 0.6) is 5.75 Å². The number of hydrogen-bond acceptors (Lipinski definition) is 5. The predicted molar refractivity (Wildman–Crippen MR) is 119 cm³/mol. The summed E-state index contributed by atoms with van der Waals surface area (Å²) >= 11 is 0. The van der Waals surface area contributed by atoms with Crippen molar-refractivity contribution < 1.29 is 22.7 Å². The second-order valence-corrected chi connectivity index (χ2v) is 8.72. The van der Waals surface area contributed by atoms with Crippen LogP contribution < -0.4 is 20.9 Å². The number of amides is 2. The Labute approximate surface area is 186 Å². The average molecular weight is 454 g/mol. The van der Waals surface area contributed by atoms with E-state index in [0.29, 0.717) is 11.3 Å². The molecule has 0 aliphatic heterocycles. The maximum Gasteiger partial charge on any atom is 0.252 e. The minimum atomic E-state index is -3.77. The molecule has 2 amide bonds. The Kier molecular flexibility index (Phi) is 6.92. The van der Waals surface area contributed by atoms with Crippen molar-refractivity contribution in [3.63, 3.8) is 0 Å². The van der Waals surface area contributed by atoms with Crippen molar-refractivity contribution in [2.24, 2.45) is 10.9 Å². The highest BCUT2D eigenvalue weighted by Crippen LogP contribution is 2.20. The predicted octanol–water partition coefficient (Wildman–Crippen LogP) is 2.50. The lowest BCUT2D eigenvalue weighted by molar-refractivity contribution is 0.0938. The molecule has 9 heteroatoms. The van der Waals surface area contributed by atoms with Gasteiger partial charge in [-0.15, -0.1) is 0 Å². The zero-order valence-corrected chi connectivity index (χ0v) is 18.1. The van der Waals surface area contributed by atoms with Crippen LogP contribution in [0.25, 0.3) is 0 Å². The van der Waals surface area contributed by atoms with E-state index in [-0.39, 0.29) is 29.0 Å². The second-order valence-electron chi connectivity index (χ2n) is 7.16. The van der Waals surface area contributed by atoms with Crippen LogP contribution in [0.3, 0.4) is 0 Å². The van der Waals surface area contributed by atoms with Crippen molar-refractivity contribution >= 4 is 21.8 Å². The summed E-state index contributed by atoms with van der Waals surface area (Å²) in [5, 5.41) is 7.98. The molecule has 8 nitrogen and oxygen atoms in total. The Morgan fingerprint density at radius 2 is 1.69 bits per heavy atom. The number of rotatable bonds is 8. The number of carbonyl (C=O) groups excluding carboxylic acids is 2. The molecule has 1 atom stereocenters. The van der Waals surface area contributed by atoms with Crippen molar-refractivity contribution in [1.29, 1.82) is 0 Å². The van der Waals surface area contributed by atoms with Crippen LogP contribution in [0.15, 0.2) is 77.7 Å². The van der Waals surface area contributed by atoms with Gasteiger partial charge in [0, 0.05) is 5.56 Å². The first kappa shape index (κ1) is 23.0. The summed E-state index contributed by atoms with van der Waals surface area (Å²) in [5.41, 5.74) is 7.55. The standard InChI is InChI=1S/C23H23N3O5S/c1-15(17-9-11-19(12-10-17)32(25,29)30)26-23(28)18-6-4-5-16(13-18)14-31-21-8-3-2-7-20(21)22(24)27/h2-13,15H,14H2,1H3,(H2,24,27)(H,26,28)(H2,25,29,30). The molecular formula is C23H23N3O5S. The first-order valence-corrected chi connectivity index (χ1v) is 11.2. The van der Waals surface area contributed by atoms with Gasteiger partial charge in [0.2, 0.25) is 10.0 Å². The van der Waals surface area contributed by atoms with Crippen LogP contribution in [0.1, 0.15) is 44.8 Å². The van der Waals surface area contributed by atoms with E-state index in [9.17, 15) is 18.0 Å². The van der Waals surface area contributed by atoms with Crippen molar-refractivity contribution in [2.75, 3.05) is 0 Å². The van der Waals surface area contributed by atoms with Gasteiger partial charge in [-0.25, -0.2) is 13.6 Å². The molecule has 0 spiro atoms. The normalized spacial score (nSPS) is 12.1. The number of nitrogens with one attached hydrogen (secondary N) is 1. The number of benzene rings is 3. The smallest absolute Gasteiger partial charge is 0.252 e. The lowest BCUT2D eigenvalue weighted by atomic mass is 10.1. The topological polar surface area (TPSA) is 142 Å². The number of carbonyl (C=O) groups is 2. The van der Waals surface area contributed by atoms with Gasteiger partial charge in [0.05, 0.1) is 16.5 Å². The molecule has 0 heterocycles. The SMILES string of the molecule is CC(NC(=O)c1cccc(COc2ccccc2C(N)=O)c1)c1ccc(S(N)(=O)=O)cc1. The highest BCUT2D eigenvalue weighted by atomic mass is 32.2. The van der Waals surface area contributed by atoms with E-state index in [2.05, 4.69) is 5.32 Å². The van der Waals surface area contributed by atoms with Crippen LogP contribution >= 0.6 is 0 Å². The second kappa shape index (κ2) is 9.63. The summed E-state index contributed by atoms with van der Waals surface area (Å²) in [4.78, 5) is 24.2. The Hall–Kier alpha value is -3.69. The molecule has 0 saturated carbocycles. The fourth-order valence-electron chi connectivity index (χ4n) is 3.07. The van der Waals surface area contributed by atoms with Gasteiger partial charge in [-0.05, 0) is 54.4 Å². The number of para-hydroxylation sites is 1. The number of hydrogen-bond donors (Lipinski definition) is 3. The first-order valence-electron chi connectivity index (χ1n) is 9.69. The first-order chi connectivity index (χ1) is 15.1. The van der Waals surface area contributed by atoms with Gasteiger partial charge >= 0.3 is 0 Å². The molecule has 0 bridgehead atoms. The molecule has 1 unspecified atom stereocenters. The maximum atomic E-state index is 12.7. The third-order valence-electron chi connectivity index (χ3n) is 4.79. The van der Waals surface area contributed by atoms with Crippen LogP contribution in [-0.2, 0) is 16.6 Å². The quantitative estimate of drug-likeness (QED) is 0.480. The van der Waals surface area contributed by atoms with Crippen LogP contribution in [0.2, 0.25) is 0 Å². The number of nitrogens with two attached hydrogens (primary N) is 2. The highest BCUT2D eigenvalue weighted by Gasteiger charge is 2.14. The molecule has 3 aromatic carbocycles. The van der Waals surface area contributed by atoms with Crippen LogP contribution in [-0.4, -0.2) is 20.2 Å². The molecule has 166 valence electrons. The lowest BCUT2D eigenvalue weighted by Crippen LogP contribution is -2.26. The average Bonchev–Trinajstić information content (AvgIpc) is 2.77. The van der Waals surface area contributed by atoms with Crippen molar-refractivity contribution in [1.82, 2.24) is 5.32 Å². The van der Waals surface area contributed by atoms with E-state index in [1.165, 1.54) is 12.1 Å². The molecule has 0 saturated heterocycles. The van der Waals surface area contributed by atoms with Gasteiger partial charge in [-0.1, -0.05) is 36.4 Å². The van der Waals surface area contributed by atoms with Crippen LogP contribution in [0.4, 0.5) is 0 Å². The summed E-state index contributed by atoms with van der Waals surface area (Å²) in [6.07, 6.45) is 0. The molecule has 32 heavy (non-hydrogen) atoms. The number of primary sulfonamides is 1. The van der Waals surface area contributed by atoms with Gasteiger partial charge in [0.15, 0.2) is 0 Å². The van der Waals surface area contributed by atoms with E-state index in [1.54, 1.807) is 67.6 Å². The zero-order chi connectivity index (χ0) is 23.3. The van der Waals surface area contributed by atoms with Crippen molar-refractivity contribution in [2.45, 2.75) is 24.5 Å². The van der Waals surface area contributed by atoms with Crippen LogP contribution in [0, 0.1) is 0 Å². The third-order valence-corrected chi connectivity index (χ3v) is 5.72. The fraction of sp³-hybridized carbons (Fsp3) is 0.130. The van der Waals surface area contributed by atoms with E-state index in [0.717, 1.165) is 11.1 Å². The molecule has 3 aromatic rings. The molecule has 0 aliphatic carbocycles. The Bertz CT molecular complexity index is 1240. The zero-order valence-electron chi connectivity index (χ0n) is 17.3. The van der Waals surface area contributed by atoms with Gasteiger partial charge in [0.25, 0.3) is 11.8 Å². The van der Waals surface area contributed by atoms with E-state index >= 15 is 0 Å². The molecule has 0 aliphatic rings.